The highest BCUT2D eigenvalue weighted by atomic mass is 32.1. The molecule has 0 atom stereocenters. The Balaban J connectivity index is 1.35. The summed E-state index contributed by atoms with van der Waals surface area (Å²) in [4.78, 5) is 28.0. The molecular weight excluding hydrogens is 468 g/mol. The molecule has 4 aromatic rings. The normalized spacial score (nSPS) is 10.6. The second kappa shape index (κ2) is 11.5. The summed E-state index contributed by atoms with van der Waals surface area (Å²) < 4.78 is 5.17. The lowest BCUT2D eigenvalue weighted by atomic mass is 10.1. The van der Waals surface area contributed by atoms with Crippen LogP contribution in [0.25, 0.3) is 10.6 Å². The largest absolute Gasteiger partial charge is 0.497 e. The molecule has 0 spiro atoms. The van der Waals surface area contributed by atoms with Crippen LogP contribution in [0.1, 0.15) is 21.7 Å². The summed E-state index contributed by atoms with van der Waals surface area (Å²) in [5.41, 5.74) is 2.04. The molecule has 0 unspecified atom stereocenters. The lowest BCUT2D eigenvalue weighted by Gasteiger charge is -2.22. The molecule has 174 valence electrons. The maximum Gasteiger partial charge on any atom is 0.263 e. The molecule has 2 amide bonds. The van der Waals surface area contributed by atoms with Crippen molar-refractivity contribution in [2.45, 2.75) is 12.8 Å². The van der Waals surface area contributed by atoms with Gasteiger partial charge in [-0.2, -0.15) is 0 Å². The lowest BCUT2D eigenvalue weighted by Crippen LogP contribution is -2.35. The average molecular weight is 493 g/mol. The van der Waals surface area contributed by atoms with Gasteiger partial charge in [-0.05, 0) is 47.7 Å². The van der Waals surface area contributed by atoms with Crippen molar-refractivity contribution in [2.24, 2.45) is 0 Å². The Kier molecular flexibility index (Phi) is 8.00. The SMILES string of the molecule is COc1ccc(-c2nnc(NC(=O)CCN(CCc3ccccc3)C(=O)c3cccs3)s2)cc1. The molecule has 0 saturated heterocycles. The van der Waals surface area contributed by atoms with Crippen molar-refractivity contribution < 1.29 is 14.3 Å². The van der Waals surface area contributed by atoms with E-state index in [0.717, 1.165) is 23.3 Å². The number of anilines is 1. The lowest BCUT2D eigenvalue weighted by molar-refractivity contribution is -0.116. The summed E-state index contributed by atoms with van der Waals surface area (Å²) >= 11 is 2.70. The van der Waals surface area contributed by atoms with Crippen LogP contribution in [0.3, 0.4) is 0 Å². The first-order chi connectivity index (χ1) is 16.6. The van der Waals surface area contributed by atoms with Gasteiger partial charge in [-0.3, -0.25) is 9.59 Å². The number of thiophene rings is 1. The van der Waals surface area contributed by atoms with E-state index in [1.807, 2.05) is 72.1 Å². The molecule has 9 heteroatoms. The van der Waals surface area contributed by atoms with Crippen LogP contribution in [0.2, 0.25) is 0 Å². The van der Waals surface area contributed by atoms with Crippen LogP contribution >= 0.6 is 22.7 Å². The maximum absolute atomic E-state index is 13.0. The van der Waals surface area contributed by atoms with Gasteiger partial charge >= 0.3 is 0 Å². The number of hydrogen-bond acceptors (Lipinski definition) is 7. The first kappa shape index (κ1) is 23.6. The fourth-order valence-electron chi connectivity index (χ4n) is 3.32. The second-order valence-electron chi connectivity index (χ2n) is 7.44. The molecule has 34 heavy (non-hydrogen) atoms. The van der Waals surface area contributed by atoms with Crippen molar-refractivity contribution in [2.75, 3.05) is 25.5 Å². The molecule has 0 aliphatic carbocycles. The van der Waals surface area contributed by atoms with E-state index in [1.165, 1.54) is 22.7 Å². The molecule has 0 aliphatic rings. The Morgan fingerprint density at radius 2 is 1.76 bits per heavy atom. The van der Waals surface area contributed by atoms with Crippen molar-refractivity contribution >= 4 is 39.6 Å². The standard InChI is InChI=1S/C25H24N4O3S2/c1-32-20-11-9-19(10-12-20)23-27-28-25(34-23)26-22(30)14-16-29(24(31)21-8-5-17-33-21)15-13-18-6-3-2-4-7-18/h2-12,17H,13-16H2,1H3,(H,26,28,30). The molecule has 0 aliphatic heterocycles. The second-order valence-corrected chi connectivity index (χ2v) is 9.37. The molecule has 4 rings (SSSR count). The smallest absolute Gasteiger partial charge is 0.263 e. The van der Waals surface area contributed by atoms with Crippen molar-refractivity contribution in [1.82, 2.24) is 15.1 Å². The van der Waals surface area contributed by atoms with Gasteiger partial charge in [0.25, 0.3) is 5.91 Å². The van der Waals surface area contributed by atoms with Gasteiger partial charge in [-0.1, -0.05) is 47.7 Å². The van der Waals surface area contributed by atoms with E-state index in [4.69, 9.17) is 4.74 Å². The number of aromatic nitrogens is 2. The molecule has 2 aromatic carbocycles. The van der Waals surface area contributed by atoms with E-state index in [-0.39, 0.29) is 18.2 Å². The number of methoxy groups -OCH3 is 1. The van der Waals surface area contributed by atoms with Crippen LogP contribution in [0.4, 0.5) is 5.13 Å². The Bertz CT molecular complexity index is 1210. The minimum Gasteiger partial charge on any atom is -0.497 e. The summed E-state index contributed by atoms with van der Waals surface area (Å²) in [7, 11) is 1.62. The highest BCUT2D eigenvalue weighted by Crippen LogP contribution is 2.27. The van der Waals surface area contributed by atoms with Gasteiger partial charge in [0.05, 0.1) is 12.0 Å². The number of amides is 2. The molecule has 0 saturated carbocycles. The molecule has 0 fully saturated rings. The van der Waals surface area contributed by atoms with E-state index in [2.05, 4.69) is 15.5 Å². The highest BCUT2D eigenvalue weighted by molar-refractivity contribution is 7.18. The van der Waals surface area contributed by atoms with Crippen LogP contribution in [-0.4, -0.2) is 47.1 Å². The summed E-state index contributed by atoms with van der Waals surface area (Å²) in [6.07, 6.45) is 0.893. The third-order valence-electron chi connectivity index (χ3n) is 5.15. The molecule has 7 nitrogen and oxygen atoms in total. The van der Waals surface area contributed by atoms with E-state index >= 15 is 0 Å². The Hall–Kier alpha value is -3.56. The zero-order chi connectivity index (χ0) is 23.8. The minimum absolute atomic E-state index is 0.0589. The van der Waals surface area contributed by atoms with Gasteiger partial charge in [0.2, 0.25) is 11.0 Å². The zero-order valence-corrected chi connectivity index (χ0v) is 20.3. The van der Waals surface area contributed by atoms with Crippen molar-refractivity contribution in [3.8, 4) is 16.3 Å². The number of benzene rings is 2. The molecule has 0 bridgehead atoms. The van der Waals surface area contributed by atoms with Gasteiger partial charge in [-0.25, -0.2) is 0 Å². The van der Waals surface area contributed by atoms with E-state index in [0.29, 0.717) is 28.1 Å². The Morgan fingerprint density at radius 1 is 0.971 bits per heavy atom. The molecule has 0 radical (unpaired) electrons. The number of carbonyl (C=O) groups excluding carboxylic acids is 2. The fraction of sp³-hybridized carbons (Fsp3) is 0.200. The number of nitrogens with zero attached hydrogens (tertiary/aromatic N) is 3. The first-order valence-electron chi connectivity index (χ1n) is 10.8. The minimum atomic E-state index is -0.207. The molecule has 2 aromatic heterocycles. The van der Waals surface area contributed by atoms with Crippen LogP contribution in [0, 0.1) is 0 Å². The number of rotatable bonds is 10. The van der Waals surface area contributed by atoms with Gasteiger partial charge in [0.1, 0.15) is 10.8 Å². The van der Waals surface area contributed by atoms with E-state index in [1.54, 1.807) is 12.0 Å². The van der Waals surface area contributed by atoms with Crippen LogP contribution in [0.15, 0.2) is 72.1 Å². The van der Waals surface area contributed by atoms with Crippen molar-refractivity contribution in [3.63, 3.8) is 0 Å². The molecular formula is C25H24N4O3S2. The molecule has 2 heterocycles. The third-order valence-corrected chi connectivity index (χ3v) is 6.90. The number of hydrogen-bond donors (Lipinski definition) is 1. The Morgan fingerprint density at radius 3 is 2.47 bits per heavy atom. The predicted octanol–water partition coefficient (Wildman–Crippen LogP) is 4.99. The van der Waals surface area contributed by atoms with Gasteiger partial charge in [0, 0.05) is 25.1 Å². The van der Waals surface area contributed by atoms with Gasteiger partial charge in [-0.15, -0.1) is 21.5 Å². The maximum atomic E-state index is 13.0. The number of nitrogens with one attached hydrogen (secondary N) is 1. The summed E-state index contributed by atoms with van der Waals surface area (Å²) in [6, 6.07) is 21.2. The summed E-state index contributed by atoms with van der Waals surface area (Å²) in [5.74, 6) is 0.494. The van der Waals surface area contributed by atoms with Gasteiger partial charge < -0.3 is 15.0 Å². The highest BCUT2D eigenvalue weighted by Gasteiger charge is 2.18. The Labute approximate surface area is 206 Å². The summed E-state index contributed by atoms with van der Waals surface area (Å²) in [5, 5.41) is 14.1. The fourth-order valence-corrected chi connectivity index (χ4v) is 4.78. The monoisotopic (exact) mass is 492 g/mol. The van der Waals surface area contributed by atoms with Crippen molar-refractivity contribution in [1.29, 1.82) is 0 Å². The predicted molar refractivity (Wildman–Crippen MR) is 136 cm³/mol. The van der Waals surface area contributed by atoms with E-state index in [9.17, 15) is 9.59 Å². The summed E-state index contributed by atoms with van der Waals surface area (Å²) in [6.45, 7) is 0.855. The quantitative estimate of drug-likeness (QED) is 0.337. The average Bonchev–Trinajstić information content (AvgIpc) is 3.57. The molecule has 1 N–H and O–H groups in total. The zero-order valence-electron chi connectivity index (χ0n) is 18.6. The van der Waals surface area contributed by atoms with Gasteiger partial charge in [0.15, 0.2) is 0 Å². The topological polar surface area (TPSA) is 84.4 Å². The van der Waals surface area contributed by atoms with Crippen LogP contribution in [0.5, 0.6) is 5.75 Å². The number of carbonyl (C=O) groups is 2. The van der Waals surface area contributed by atoms with Crippen LogP contribution < -0.4 is 10.1 Å². The van der Waals surface area contributed by atoms with Crippen molar-refractivity contribution in [3.05, 3.63) is 82.6 Å². The number of ether oxygens (including phenoxy) is 1. The third kappa shape index (κ3) is 6.27. The van der Waals surface area contributed by atoms with E-state index < -0.39 is 0 Å². The van der Waals surface area contributed by atoms with Crippen LogP contribution in [-0.2, 0) is 11.2 Å². The first-order valence-corrected chi connectivity index (χ1v) is 12.5.